The fourth-order valence-electron chi connectivity index (χ4n) is 0.998. The Hall–Kier alpha value is -0.290. The van der Waals surface area contributed by atoms with Gasteiger partial charge in [-0.2, -0.15) is 0 Å². The number of rotatable bonds is 2. The van der Waals surface area contributed by atoms with Crippen LogP contribution in [0.4, 0.5) is 13.2 Å². The summed E-state index contributed by atoms with van der Waals surface area (Å²) in [4.78, 5) is 3.43. The summed E-state index contributed by atoms with van der Waals surface area (Å²) in [6.45, 7) is 1.26. The van der Waals surface area contributed by atoms with Crippen LogP contribution in [0.3, 0.4) is 0 Å². The van der Waals surface area contributed by atoms with E-state index in [4.69, 9.17) is 10.7 Å². The molecule has 0 aliphatic rings. The van der Waals surface area contributed by atoms with Crippen molar-refractivity contribution in [2.24, 2.45) is 0 Å². The van der Waals surface area contributed by atoms with E-state index < -0.39 is 26.2 Å². The minimum absolute atomic E-state index is 0.0269. The molecule has 0 saturated carbocycles. The van der Waals surface area contributed by atoms with Crippen molar-refractivity contribution in [1.29, 1.82) is 0 Å². The molecule has 1 rings (SSSR count). The third kappa shape index (κ3) is 4.14. The van der Waals surface area contributed by atoms with E-state index in [9.17, 15) is 21.6 Å². The predicted octanol–water partition coefficient (Wildman–Crippen LogP) is 2.82. The van der Waals surface area contributed by atoms with Crippen LogP contribution >= 0.6 is 33.3 Å². The lowest BCUT2D eigenvalue weighted by atomic mass is 10.3. The highest BCUT2D eigenvalue weighted by atomic mass is 127. The molecule has 0 atom stereocenters. The number of aromatic nitrogens is 1. The van der Waals surface area contributed by atoms with Gasteiger partial charge in [-0.3, -0.25) is 0 Å². The van der Waals surface area contributed by atoms with E-state index >= 15 is 0 Å². The van der Waals surface area contributed by atoms with Crippen LogP contribution in [0.5, 0.6) is 5.75 Å². The molecule has 0 aliphatic heterocycles. The average molecular weight is 402 g/mol. The SMILES string of the molecule is Cc1cc(I)nc(S(=O)(=O)Cl)c1OC(F)(F)F. The van der Waals surface area contributed by atoms with Gasteiger partial charge in [0.15, 0.2) is 5.75 Å². The van der Waals surface area contributed by atoms with Gasteiger partial charge in [-0.05, 0) is 41.1 Å². The third-order valence-electron chi connectivity index (χ3n) is 1.55. The molecule has 10 heteroatoms. The maximum Gasteiger partial charge on any atom is 0.573 e. The zero-order valence-corrected chi connectivity index (χ0v) is 11.8. The highest BCUT2D eigenvalue weighted by Crippen LogP contribution is 2.33. The lowest BCUT2D eigenvalue weighted by Crippen LogP contribution is -2.20. The van der Waals surface area contributed by atoms with Crippen molar-refractivity contribution in [2.75, 3.05) is 0 Å². The van der Waals surface area contributed by atoms with Gasteiger partial charge >= 0.3 is 6.36 Å². The molecule has 0 amide bonds. The van der Waals surface area contributed by atoms with Crippen molar-refractivity contribution < 1.29 is 26.3 Å². The molecule has 0 saturated heterocycles. The molecular weight excluding hydrogens is 397 g/mol. The lowest BCUT2D eigenvalue weighted by Gasteiger charge is -2.13. The molecule has 1 aromatic heterocycles. The van der Waals surface area contributed by atoms with Gasteiger partial charge in [0.05, 0.1) is 0 Å². The molecule has 4 nitrogen and oxygen atoms in total. The molecule has 96 valence electrons. The van der Waals surface area contributed by atoms with Crippen LogP contribution in [0.25, 0.3) is 0 Å². The summed E-state index contributed by atoms with van der Waals surface area (Å²) in [5.74, 6) is -0.909. The smallest absolute Gasteiger partial charge is 0.402 e. The van der Waals surface area contributed by atoms with E-state index in [1.807, 2.05) is 0 Å². The molecule has 0 aromatic carbocycles. The fourth-order valence-corrected chi connectivity index (χ4v) is 2.82. The zero-order valence-electron chi connectivity index (χ0n) is 8.05. The number of halogens is 5. The Morgan fingerprint density at radius 3 is 2.41 bits per heavy atom. The molecule has 0 spiro atoms. The summed E-state index contributed by atoms with van der Waals surface area (Å²) in [5.41, 5.74) is -0.0269. The second-order valence-corrected chi connectivity index (χ2v) is 6.47. The van der Waals surface area contributed by atoms with Crippen molar-refractivity contribution in [2.45, 2.75) is 18.3 Å². The Labute approximate surface area is 113 Å². The van der Waals surface area contributed by atoms with Crippen molar-refractivity contribution in [3.05, 3.63) is 15.3 Å². The van der Waals surface area contributed by atoms with Crippen molar-refractivity contribution >= 4 is 42.3 Å². The van der Waals surface area contributed by atoms with Crippen molar-refractivity contribution in [3.8, 4) is 5.75 Å². The minimum atomic E-state index is -5.02. The zero-order chi connectivity index (χ0) is 13.4. The average Bonchev–Trinajstić information content (AvgIpc) is 2.05. The lowest BCUT2D eigenvalue weighted by molar-refractivity contribution is -0.276. The molecule has 1 heterocycles. The molecular formula is C7H4ClF3INO3S. The van der Waals surface area contributed by atoms with Crippen LogP contribution in [0.15, 0.2) is 11.1 Å². The second-order valence-electron chi connectivity index (χ2n) is 2.88. The number of aryl methyl sites for hydroxylation is 1. The van der Waals surface area contributed by atoms with E-state index in [0.29, 0.717) is 0 Å². The van der Waals surface area contributed by atoms with Gasteiger partial charge in [0.25, 0.3) is 9.05 Å². The topological polar surface area (TPSA) is 56.3 Å². The van der Waals surface area contributed by atoms with Gasteiger partial charge < -0.3 is 4.74 Å². The summed E-state index contributed by atoms with van der Waals surface area (Å²) >= 11 is 1.65. The van der Waals surface area contributed by atoms with E-state index in [-0.39, 0.29) is 9.26 Å². The van der Waals surface area contributed by atoms with Gasteiger partial charge in [-0.15, -0.1) is 13.2 Å². The van der Waals surface area contributed by atoms with E-state index in [0.717, 1.165) is 0 Å². The molecule has 0 aliphatic carbocycles. The molecule has 0 N–H and O–H groups in total. The number of hydrogen-bond donors (Lipinski definition) is 0. The second kappa shape index (κ2) is 4.76. The van der Waals surface area contributed by atoms with E-state index in [2.05, 4.69) is 9.72 Å². The number of pyridine rings is 1. The van der Waals surface area contributed by atoms with Crippen LogP contribution in [0.1, 0.15) is 5.56 Å². The Bertz CT molecular complexity index is 546. The Balaban J connectivity index is 3.47. The molecule has 0 unspecified atom stereocenters. The van der Waals surface area contributed by atoms with Crippen LogP contribution in [-0.2, 0) is 9.05 Å². The van der Waals surface area contributed by atoms with Crippen molar-refractivity contribution in [3.63, 3.8) is 0 Å². The number of ether oxygens (including phenoxy) is 1. The summed E-state index contributed by atoms with van der Waals surface area (Å²) in [5, 5.41) is -0.944. The predicted molar refractivity (Wildman–Crippen MR) is 61.4 cm³/mol. The molecule has 0 fully saturated rings. The monoisotopic (exact) mass is 401 g/mol. The first kappa shape index (κ1) is 14.8. The Morgan fingerprint density at radius 2 is 2.00 bits per heavy atom. The molecule has 1 aromatic rings. The maximum atomic E-state index is 12.1. The standard InChI is InChI=1S/C7H4ClF3INO3S/c1-3-2-4(12)13-6(17(8,14)15)5(3)16-7(9,10)11/h2H,1H3. The van der Waals surface area contributed by atoms with E-state index in [1.54, 1.807) is 22.6 Å². The summed E-state index contributed by atoms with van der Waals surface area (Å²) in [6, 6.07) is 1.24. The van der Waals surface area contributed by atoms with E-state index in [1.165, 1.54) is 13.0 Å². The van der Waals surface area contributed by atoms with Gasteiger partial charge in [0, 0.05) is 10.7 Å². The molecule has 0 radical (unpaired) electrons. The van der Waals surface area contributed by atoms with Gasteiger partial charge in [0.1, 0.15) is 3.70 Å². The molecule has 17 heavy (non-hydrogen) atoms. The quantitative estimate of drug-likeness (QED) is 0.434. The first-order valence-electron chi connectivity index (χ1n) is 3.88. The highest BCUT2D eigenvalue weighted by molar-refractivity contribution is 14.1. The van der Waals surface area contributed by atoms with Crippen LogP contribution in [0.2, 0.25) is 0 Å². The molecule has 0 bridgehead atoms. The maximum absolute atomic E-state index is 12.1. The number of alkyl halides is 3. The van der Waals surface area contributed by atoms with Gasteiger partial charge in [-0.1, -0.05) is 0 Å². The normalized spacial score (nSPS) is 12.6. The van der Waals surface area contributed by atoms with Gasteiger partial charge in [-0.25, -0.2) is 13.4 Å². The third-order valence-corrected chi connectivity index (χ3v) is 3.27. The number of hydrogen-bond acceptors (Lipinski definition) is 4. The fraction of sp³-hybridized carbons (Fsp3) is 0.286. The first-order chi connectivity index (χ1) is 7.50. The Morgan fingerprint density at radius 1 is 1.47 bits per heavy atom. The summed E-state index contributed by atoms with van der Waals surface area (Å²) in [7, 11) is 0.576. The summed E-state index contributed by atoms with van der Waals surface area (Å²) < 4.78 is 62.3. The van der Waals surface area contributed by atoms with Gasteiger partial charge in [0.2, 0.25) is 5.03 Å². The van der Waals surface area contributed by atoms with Crippen LogP contribution in [-0.4, -0.2) is 19.8 Å². The first-order valence-corrected chi connectivity index (χ1v) is 7.27. The number of nitrogens with zero attached hydrogens (tertiary/aromatic N) is 1. The Kier molecular flexibility index (Phi) is 4.14. The largest absolute Gasteiger partial charge is 0.573 e. The highest BCUT2D eigenvalue weighted by Gasteiger charge is 2.35. The summed E-state index contributed by atoms with van der Waals surface area (Å²) in [6.07, 6.45) is -5.02. The van der Waals surface area contributed by atoms with Crippen LogP contribution < -0.4 is 4.74 Å². The minimum Gasteiger partial charge on any atom is -0.402 e. The van der Waals surface area contributed by atoms with Crippen LogP contribution in [0, 0.1) is 10.6 Å². The van der Waals surface area contributed by atoms with Crippen molar-refractivity contribution in [1.82, 2.24) is 4.98 Å².